The van der Waals surface area contributed by atoms with Crippen LogP contribution in [0.5, 0.6) is 0 Å². The van der Waals surface area contributed by atoms with Gasteiger partial charge in [0.1, 0.15) is 5.82 Å². The van der Waals surface area contributed by atoms with Crippen molar-refractivity contribution in [1.29, 1.82) is 0 Å². The molecule has 2 aromatic rings. The van der Waals surface area contributed by atoms with Crippen LogP contribution in [0.15, 0.2) is 42.7 Å². The summed E-state index contributed by atoms with van der Waals surface area (Å²) in [6.45, 7) is 4.75. The average Bonchev–Trinajstić information content (AvgIpc) is 2.58. The quantitative estimate of drug-likeness (QED) is 0.940. The lowest BCUT2D eigenvalue weighted by atomic mass is 9.78. The molecule has 1 amide bonds. The van der Waals surface area contributed by atoms with Gasteiger partial charge in [-0.2, -0.15) is 0 Å². The van der Waals surface area contributed by atoms with Crippen molar-refractivity contribution in [3.63, 3.8) is 0 Å². The maximum atomic E-state index is 12.7. The number of aliphatic hydroxyl groups is 1. The molecule has 0 bridgehead atoms. The standard InChI is InChI=1S/C19H23N3O2/c1-14-20-11-16(12-21-14)18(23)22-9-8-19(2,24)17(13-22)10-15-6-4-3-5-7-15/h3-7,11-12,17,24H,8-10,13H2,1-2H3/t17-,19+/m1/s1. The minimum atomic E-state index is -0.767. The Kier molecular flexibility index (Phi) is 4.62. The lowest BCUT2D eigenvalue weighted by molar-refractivity contribution is -0.0507. The van der Waals surface area contributed by atoms with Gasteiger partial charge in [-0.1, -0.05) is 30.3 Å². The number of aryl methyl sites for hydroxylation is 1. The highest BCUT2D eigenvalue weighted by Gasteiger charge is 2.39. The molecule has 1 aliphatic heterocycles. The Hall–Kier alpha value is -2.27. The molecular formula is C19H23N3O2. The molecule has 1 saturated heterocycles. The smallest absolute Gasteiger partial charge is 0.257 e. The molecule has 5 nitrogen and oxygen atoms in total. The van der Waals surface area contributed by atoms with E-state index in [2.05, 4.69) is 22.1 Å². The van der Waals surface area contributed by atoms with Crippen LogP contribution in [0.4, 0.5) is 0 Å². The minimum absolute atomic E-state index is 0.00367. The number of rotatable bonds is 3. The fraction of sp³-hybridized carbons (Fsp3) is 0.421. The van der Waals surface area contributed by atoms with Gasteiger partial charge < -0.3 is 10.0 Å². The van der Waals surface area contributed by atoms with Crippen LogP contribution in [-0.4, -0.2) is 44.6 Å². The first kappa shape index (κ1) is 16.6. The molecule has 1 aromatic heterocycles. The molecule has 1 N–H and O–H groups in total. The van der Waals surface area contributed by atoms with E-state index in [1.807, 2.05) is 25.1 Å². The highest BCUT2D eigenvalue weighted by Crippen LogP contribution is 2.31. The number of carbonyl (C=O) groups excluding carboxylic acids is 1. The lowest BCUT2D eigenvalue weighted by Gasteiger charge is -2.43. The molecule has 0 aliphatic carbocycles. The van der Waals surface area contributed by atoms with Crippen molar-refractivity contribution in [2.24, 2.45) is 5.92 Å². The molecular weight excluding hydrogens is 302 g/mol. The van der Waals surface area contributed by atoms with Gasteiger partial charge in [-0.15, -0.1) is 0 Å². The molecule has 1 aromatic carbocycles. The molecule has 0 radical (unpaired) electrons. The summed E-state index contributed by atoms with van der Waals surface area (Å²) in [5.74, 6) is 0.586. The zero-order valence-corrected chi connectivity index (χ0v) is 14.1. The Morgan fingerprint density at radius 3 is 2.62 bits per heavy atom. The second kappa shape index (κ2) is 6.69. The number of likely N-dealkylation sites (tertiary alicyclic amines) is 1. The minimum Gasteiger partial charge on any atom is -0.390 e. The first-order valence-electron chi connectivity index (χ1n) is 8.30. The van der Waals surface area contributed by atoms with E-state index in [0.717, 1.165) is 6.42 Å². The van der Waals surface area contributed by atoms with Gasteiger partial charge in [-0.05, 0) is 32.3 Å². The third-order valence-corrected chi connectivity index (χ3v) is 4.85. The average molecular weight is 325 g/mol. The first-order valence-corrected chi connectivity index (χ1v) is 8.30. The lowest BCUT2D eigenvalue weighted by Crippen LogP contribution is -2.52. The molecule has 24 heavy (non-hydrogen) atoms. The number of carbonyl (C=O) groups is 1. The first-order chi connectivity index (χ1) is 11.5. The summed E-state index contributed by atoms with van der Waals surface area (Å²) in [7, 11) is 0. The normalized spacial score (nSPS) is 24.0. The molecule has 0 spiro atoms. The van der Waals surface area contributed by atoms with Crippen molar-refractivity contribution < 1.29 is 9.90 Å². The number of piperidine rings is 1. The van der Waals surface area contributed by atoms with Crippen LogP contribution in [-0.2, 0) is 6.42 Å². The molecule has 0 saturated carbocycles. The van der Waals surface area contributed by atoms with Crippen LogP contribution in [0.3, 0.4) is 0 Å². The Bertz CT molecular complexity index is 698. The highest BCUT2D eigenvalue weighted by atomic mass is 16.3. The van der Waals surface area contributed by atoms with Crippen molar-refractivity contribution in [2.75, 3.05) is 13.1 Å². The molecule has 1 fully saturated rings. The topological polar surface area (TPSA) is 66.3 Å². The summed E-state index contributed by atoms with van der Waals surface area (Å²) in [4.78, 5) is 22.7. The van der Waals surface area contributed by atoms with Crippen LogP contribution >= 0.6 is 0 Å². The van der Waals surface area contributed by atoms with Crippen molar-refractivity contribution in [3.05, 3.63) is 59.7 Å². The third kappa shape index (κ3) is 3.62. The van der Waals surface area contributed by atoms with Crippen molar-refractivity contribution >= 4 is 5.91 Å². The fourth-order valence-electron chi connectivity index (χ4n) is 3.17. The van der Waals surface area contributed by atoms with E-state index in [0.29, 0.717) is 30.9 Å². The predicted octanol–water partition coefficient (Wildman–Crippen LogP) is 2.24. The molecule has 3 rings (SSSR count). The summed E-state index contributed by atoms with van der Waals surface area (Å²) in [5, 5.41) is 10.7. The maximum Gasteiger partial charge on any atom is 0.257 e. The van der Waals surface area contributed by atoms with Crippen LogP contribution in [0.1, 0.15) is 35.1 Å². The van der Waals surface area contributed by atoms with Gasteiger partial charge in [0.05, 0.1) is 11.2 Å². The van der Waals surface area contributed by atoms with Gasteiger partial charge in [-0.3, -0.25) is 4.79 Å². The Labute approximate surface area is 142 Å². The summed E-state index contributed by atoms with van der Waals surface area (Å²) < 4.78 is 0. The number of benzene rings is 1. The number of nitrogens with zero attached hydrogens (tertiary/aromatic N) is 3. The molecule has 1 aliphatic rings. The SMILES string of the molecule is Cc1ncc(C(=O)N2CC[C@](C)(O)[C@H](Cc3ccccc3)C2)cn1. The van der Waals surface area contributed by atoms with Gasteiger partial charge >= 0.3 is 0 Å². The van der Waals surface area contributed by atoms with Gasteiger partial charge in [0.25, 0.3) is 5.91 Å². The van der Waals surface area contributed by atoms with E-state index in [4.69, 9.17) is 0 Å². The highest BCUT2D eigenvalue weighted by molar-refractivity contribution is 5.93. The number of hydrogen-bond acceptors (Lipinski definition) is 4. The van der Waals surface area contributed by atoms with Crippen LogP contribution < -0.4 is 0 Å². The number of aromatic nitrogens is 2. The van der Waals surface area contributed by atoms with Gasteiger partial charge in [0.15, 0.2) is 0 Å². The monoisotopic (exact) mass is 325 g/mol. The van der Waals surface area contributed by atoms with Gasteiger partial charge in [-0.25, -0.2) is 9.97 Å². The van der Waals surface area contributed by atoms with Gasteiger partial charge in [0.2, 0.25) is 0 Å². The summed E-state index contributed by atoms with van der Waals surface area (Å²) >= 11 is 0. The Morgan fingerprint density at radius 2 is 1.96 bits per heavy atom. The van der Waals surface area contributed by atoms with Crippen LogP contribution in [0.2, 0.25) is 0 Å². The van der Waals surface area contributed by atoms with E-state index < -0.39 is 5.60 Å². The molecule has 126 valence electrons. The Morgan fingerprint density at radius 1 is 1.29 bits per heavy atom. The number of amides is 1. The second-order valence-electron chi connectivity index (χ2n) is 6.76. The van der Waals surface area contributed by atoms with Gasteiger partial charge in [0, 0.05) is 31.4 Å². The molecule has 2 heterocycles. The number of hydrogen-bond donors (Lipinski definition) is 1. The molecule has 5 heteroatoms. The van der Waals surface area contributed by atoms with Crippen molar-refractivity contribution in [2.45, 2.75) is 32.3 Å². The summed E-state index contributed by atoms with van der Waals surface area (Å²) in [5.41, 5.74) is 0.910. The largest absolute Gasteiger partial charge is 0.390 e. The fourth-order valence-corrected chi connectivity index (χ4v) is 3.17. The van der Waals surface area contributed by atoms with Crippen molar-refractivity contribution in [3.8, 4) is 0 Å². The van der Waals surface area contributed by atoms with Crippen molar-refractivity contribution in [1.82, 2.24) is 14.9 Å². The predicted molar refractivity (Wildman–Crippen MR) is 91.5 cm³/mol. The van der Waals surface area contributed by atoms with Crippen LogP contribution in [0.25, 0.3) is 0 Å². The second-order valence-corrected chi connectivity index (χ2v) is 6.76. The maximum absolute atomic E-state index is 12.7. The van der Waals surface area contributed by atoms with E-state index in [1.54, 1.807) is 24.2 Å². The van der Waals surface area contributed by atoms with E-state index in [1.165, 1.54) is 5.56 Å². The summed E-state index contributed by atoms with van der Waals surface area (Å²) in [6, 6.07) is 10.1. The summed E-state index contributed by atoms with van der Waals surface area (Å²) in [6.07, 6.45) is 4.47. The van der Waals surface area contributed by atoms with Crippen LogP contribution in [0, 0.1) is 12.8 Å². The van der Waals surface area contributed by atoms with E-state index in [-0.39, 0.29) is 11.8 Å². The molecule has 2 atom stereocenters. The zero-order valence-electron chi connectivity index (χ0n) is 14.1. The zero-order chi connectivity index (χ0) is 17.2. The molecule has 0 unspecified atom stereocenters. The Balaban J connectivity index is 1.75. The third-order valence-electron chi connectivity index (χ3n) is 4.85. The van der Waals surface area contributed by atoms with E-state index in [9.17, 15) is 9.90 Å². The van der Waals surface area contributed by atoms with E-state index >= 15 is 0 Å².